The van der Waals surface area contributed by atoms with Gasteiger partial charge in [-0.05, 0) is 92.2 Å². The van der Waals surface area contributed by atoms with Crippen LogP contribution in [0.2, 0.25) is 0 Å². The molecule has 2 saturated carbocycles. The topological polar surface area (TPSA) is 72.5 Å². The predicted molar refractivity (Wildman–Crippen MR) is 131 cm³/mol. The Morgan fingerprint density at radius 1 is 1.06 bits per heavy atom. The van der Waals surface area contributed by atoms with Crippen LogP contribution >= 0.6 is 0 Å². The lowest BCUT2D eigenvalue weighted by molar-refractivity contribution is -0.182. The van der Waals surface area contributed by atoms with Gasteiger partial charge in [-0.2, -0.15) is 0 Å². The number of benzene rings is 1. The van der Waals surface area contributed by atoms with Crippen molar-refractivity contribution < 1.29 is 19.1 Å². The maximum absolute atomic E-state index is 13.2. The third-order valence-corrected chi connectivity index (χ3v) is 9.34. The number of allylic oxidation sites excluding steroid dienone is 4. The number of rotatable bonds is 4. The van der Waals surface area contributed by atoms with Gasteiger partial charge in [-0.25, -0.2) is 0 Å². The first kappa shape index (κ1) is 23.1. The number of fused-ring (bicyclic) bond motifs is 4. The fourth-order valence-corrected chi connectivity index (χ4v) is 7.89. The number of ketones is 2. The Hall–Kier alpha value is -2.69. The number of carbonyl (C=O) groups is 3. The number of carbonyl (C=O) groups excluding carboxylic acids is 3. The molecule has 0 saturated heterocycles. The maximum atomic E-state index is 13.2. The normalized spacial score (nSPS) is 34.5. The molecule has 5 atom stereocenters. The first-order valence-corrected chi connectivity index (χ1v) is 12.6. The Labute approximate surface area is 202 Å². The molecule has 34 heavy (non-hydrogen) atoms. The summed E-state index contributed by atoms with van der Waals surface area (Å²) in [6.07, 6.45) is 7.40. The van der Waals surface area contributed by atoms with Crippen LogP contribution in [0.4, 0.5) is 5.69 Å². The lowest BCUT2D eigenvalue weighted by atomic mass is 9.50. The number of hydrogen-bond donors (Lipinski definition) is 1. The highest BCUT2D eigenvalue weighted by atomic mass is 16.6. The molecule has 1 N–H and O–H groups in total. The van der Waals surface area contributed by atoms with Crippen LogP contribution in [0.15, 0.2) is 47.1 Å². The Bertz CT molecular complexity index is 1110. The van der Waals surface area contributed by atoms with Gasteiger partial charge in [0.1, 0.15) is 0 Å². The first-order valence-electron chi connectivity index (χ1n) is 12.6. The summed E-state index contributed by atoms with van der Waals surface area (Å²) in [6.45, 7) is 5.21. The zero-order chi connectivity index (χ0) is 24.3. The SMILES string of the molecule is CNc1ccc([C@H]2C[C@@]3(C)C(CC[C@]3(OC(C)=O)C(C)=O)C3CCC4=CC(=O)CCC4=C32)cc1. The summed E-state index contributed by atoms with van der Waals surface area (Å²) in [4.78, 5) is 37.6. The minimum atomic E-state index is -1.07. The fourth-order valence-electron chi connectivity index (χ4n) is 7.89. The molecule has 1 aromatic rings. The smallest absolute Gasteiger partial charge is 0.303 e. The molecule has 2 fully saturated rings. The van der Waals surface area contributed by atoms with Crippen molar-refractivity contribution in [2.24, 2.45) is 17.3 Å². The molecule has 0 aromatic heterocycles. The van der Waals surface area contributed by atoms with E-state index in [1.165, 1.54) is 29.2 Å². The van der Waals surface area contributed by atoms with Crippen molar-refractivity contribution in [3.05, 3.63) is 52.6 Å². The van der Waals surface area contributed by atoms with Crippen molar-refractivity contribution in [1.29, 1.82) is 0 Å². The van der Waals surface area contributed by atoms with Crippen LogP contribution in [-0.4, -0.2) is 30.2 Å². The van der Waals surface area contributed by atoms with Gasteiger partial charge >= 0.3 is 5.97 Å². The van der Waals surface area contributed by atoms with E-state index >= 15 is 0 Å². The van der Waals surface area contributed by atoms with Gasteiger partial charge in [-0.3, -0.25) is 14.4 Å². The number of ether oxygens (including phenoxy) is 1. The van der Waals surface area contributed by atoms with Crippen LogP contribution in [0.3, 0.4) is 0 Å². The van der Waals surface area contributed by atoms with Crippen molar-refractivity contribution in [3.8, 4) is 0 Å². The van der Waals surface area contributed by atoms with Gasteiger partial charge in [-0.15, -0.1) is 0 Å². The second-order valence-electron chi connectivity index (χ2n) is 10.9. The van der Waals surface area contributed by atoms with Crippen LogP contribution in [-0.2, 0) is 19.1 Å². The van der Waals surface area contributed by atoms with E-state index in [-0.39, 0.29) is 29.4 Å². The molecule has 2 unspecified atom stereocenters. The van der Waals surface area contributed by atoms with Crippen molar-refractivity contribution in [2.45, 2.75) is 77.2 Å². The van der Waals surface area contributed by atoms with Crippen molar-refractivity contribution >= 4 is 23.2 Å². The molecular weight excluding hydrogens is 426 g/mol. The molecule has 0 spiro atoms. The first-order chi connectivity index (χ1) is 16.2. The Kier molecular flexibility index (Phi) is 5.57. The van der Waals surface area contributed by atoms with Crippen LogP contribution < -0.4 is 5.32 Å². The van der Waals surface area contributed by atoms with E-state index in [9.17, 15) is 14.4 Å². The second kappa shape index (κ2) is 8.21. The number of esters is 1. The van der Waals surface area contributed by atoms with Gasteiger partial charge in [0.15, 0.2) is 17.2 Å². The average Bonchev–Trinajstić information content (AvgIpc) is 3.10. The van der Waals surface area contributed by atoms with Gasteiger partial charge in [0, 0.05) is 37.4 Å². The monoisotopic (exact) mass is 461 g/mol. The van der Waals surface area contributed by atoms with E-state index in [1.807, 2.05) is 13.1 Å². The highest BCUT2D eigenvalue weighted by Crippen LogP contribution is 2.67. The van der Waals surface area contributed by atoms with Crippen LogP contribution in [0, 0.1) is 17.3 Å². The summed E-state index contributed by atoms with van der Waals surface area (Å²) in [5.74, 6) is 0.579. The molecule has 4 aliphatic carbocycles. The minimum absolute atomic E-state index is 0.0345. The van der Waals surface area contributed by atoms with Crippen LogP contribution in [0.1, 0.15) is 77.2 Å². The third kappa shape index (κ3) is 3.30. The molecule has 4 aliphatic rings. The lowest BCUT2D eigenvalue weighted by Gasteiger charge is -2.55. The highest BCUT2D eigenvalue weighted by Gasteiger charge is 2.67. The lowest BCUT2D eigenvalue weighted by Crippen LogP contribution is -2.57. The molecule has 5 heteroatoms. The molecule has 0 amide bonds. The molecule has 0 radical (unpaired) electrons. The van der Waals surface area contributed by atoms with Gasteiger partial charge in [-0.1, -0.05) is 24.6 Å². The third-order valence-electron chi connectivity index (χ3n) is 9.34. The predicted octanol–water partition coefficient (Wildman–Crippen LogP) is 5.52. The second-order valence-corrected chi connectivity index (χ2v) is 10.9. The summed E-state index contributed by atoms with van der Waals surface area (Å²) in [6, 6.07) is 8.58. The molecule has 0 bridgehead atoms. The van der Waals surface area contributed by atoms with E-state index in [0.717, 1.165) is 37.8 Å². The number of hydrogen-bond acceptors (Lipinski definition) is 5. The highest BCUT2D eigenvalue weighted by molar-refractivity contribution is 5.93. The molecule has 0 heterocycles. The van der Waals surface area contributed by atoms with Crippen LogP contribution in [0.5, 0.6) is 0 Å². The standard InChI is InChI=1S/C29H35NO4/c1-17(31)29(34-18(2)32)14-13-26-24-11-7-20-15-22(33)10-12-23(20)27(24)25(16-28(26,29)3)19-5-8-21(30-4)9-6-19/h5-6,8-9,15,24-26,30H,7,10-14,16H2,1-4H3/t24?,25-,26?,28+,29+/m1/s1. The molecule has 0 aliphatic heterocycles. The number of nitrogens with one attached hydrogen (secondary N) is 1. The summed E-state index contributed by atoms with van der Waals surface area (Å²) in [7, 11) is 1.91. The summed E-state index contributed by atoms with van der Waals surface area (Å²) in [5.41, 5.74) is 4.87. The zero-order valence-corrected chi connectivity index (χ0v) is 20.7. The van der Waals surface area contributed by atoms with Crippen molar-refractivity contribution in [2.75, 3.05) is 12.4 Å². The zero-order valence-electron chi connectivity index (χ0n) is 20.7. The largest absolute Gasteiger partial charge is 0.451 e. The Morgan fingerprint density at radius 3 is 2.44 bits per heavy atom. The Morgan fingerprint density at radius 2 is 1.79 bits per heavy atom. The number of anilines is 1. The van der Waals surface area contributed by atoms with Gasteiger partial charge in [0.2, 0.25) is 0 Å². The van der Waals surface area contributed by atoms with E-state index in [4.69, 9.17) is 4.74 Å². The molecule has 180 valence electrons. The fraction of sp³-hybridized carbons (Fsp3) is 0.552. The molecule has 1 aromatic carbocycles. The average molecular weight is 462 g/mol. The summed E-state index contributed by atoms with van der Waals surface area (Å²) in [5, 5.41) is 3.20. The van der Waals surface area contributed by atoms with E-state index in [2.05, 4.69) is 36.5 Å². The quantitative estimate of drug-likeness (QED) is 0.598. The van der Waals surface area contributed by atoms with Crippen LogP contribution in [0.25, 0.3) is 0 Å². The van der Waals surface area contributed by atoms with Crippen molar-refractivity contribution in [3.63, 3.8) is 0 Å². The van der Waals surface area contributed by atoms with E-state index < -0.39 is 11.0 Å². The number of Topliss-reactive ketones (excluding diaryl/α,β-unsaturated/α-hetero) is 1. The van der Waals surface area contributed by atoms with Gasteiger partial charge < -0.3 is 10.1 Å². The summed E-state index contributed by atoms with van der Waals surface area (Å²) >= 11 is 0. The molecular formula is C29H35NO4. The maximum Gasteiger partial charge on any atom is 0.303 e. The van der Waals surface area contributed by atoms with E-state index in [0.29, 0.717) is 18.8 Å². The summed E-state index contributed by atoms with van der Waals surface area (Å²) < 4.78 is 5.98. The van der Waals surface area contributed by atoms with Crippen molar-refractivity contribution in [1.82, 2.24) is 0 Å². The minimum Gasteiger partial charge on any atom is -0.451 e. The molecule has 5 rings (SSSR count). The van der Waals surface area contributed by atoms with Gasteiger partial charge in [0.05, 0.1) is 0 Å². The Balaban J connectivity index is 1.69. The van der Waals surface area contributed by atoms with E-state index in [1.54, 1.807) is 6.92 Å². The molecule has 5 nitrogen and oxygen atoms in total. The van der Waals surface area contributed by atoms with Gasteiger partial charge in [0.25, 0.3) is 0 Å².